The molecule has 1 aromatic rings. The van der Waals surface area contributed by atoms with Crippen molar-refractivity contribution < 1.29 is 18.0 Å². The standard InChI is InChI=1S/C14H17F3N2O.C2H6/c1-19-7-5-12(6-8-19)18-13(20)10-3-2-4-11(9-10)14(15,16)17;1-2/h2-4,9,12H,5-8H2,1H3,(H,18,20);1-2H3. The maximum Gasteiger partial charge on any atom is 0.416 e. The van der Waals surface area contributed by atoms with Gasteiger partial charge in [0.25, 0.3) is 5.91 Å². The molecule has 0 spiro atoms. The van der Waals surface area contributed by atoms with Crippen LogP contribution < -0.4 is 5.32 Å². The number of amides is 1. The summed E-state index contributed by atoms with van der Waals surface area (Å²) in [7, 11) is 2.00. The Morgan fingerprint density at radius 1 is 1.23 bits per heavy atom. The van der Waals surface area contributed by atoms with Crippen molar-refractivity contribution in [3.63, 3.8) is 0 Å². The number of carbonyl (C=O) groups excluding carboxylic acids is 1. The van der Waals surface area contributed by atoms with E-state index < -0.39 is 17.6 Å². The second-order valence-electron chi connectivity index (χ2n) is 5.13. The Balaban J connectivity index is 0.00000116. The molecule has 1 N–H and O–H groups in total. The first-order valence-electron chi connectivity index (χ1n) is 7.53. The molecule has 0 bridgehead atoms. The lowest BCUT2D eigenvalue weighted by Gasteiger charge is -2.29. The van der Waals surface area contributed by atoms with E-state index in [-0.39, 0.29) is 11.6 Å². The zero-order chi connectivity index (χ0) is 16.8. The molecule has 1 fully saturated rings. The van der Waals surface area contributed by atoms with E-state index in [1.807, 2.05) is 20.9 Å². The van der Waals surface area contributed by atoms with E-state index in [1.165, 1.54) is 12.1 Å². The molecule has 1 aromatic carbocycles. The Labute approximate surface area is 129 Å². The third kappa shape index (κ3) is 5.33. The van der Waals surface area contributed by atoms with Gasteiger partial charge in [-0.25, -0.2) is 0 Å². The van der Waals surface area contributed by atoms with Crippen molar-refractivity contribution >= 4 is 5.91 Å². The largest absolute Gasteiger partial charge is 0.416 e. The molecule has 2 rings (SSSR count). The van der Waals surface area contributed by atoms with Gasteiger partial charge in [-0.3, -0.25) is 4.79 Å². The summed E-state index contributed by atoms with van der Waals surface area (Å²) in [6.07, 6.45) is -2.79. The van der Waals surface area contributed by atoms with E-state index in [9.17, 15) is 18.0 Å². The van der Waals surface area contributed by atoms with Gasteiger partial charge in [0.2, 0.25) is 0 Å². The average molecular weight is 316 g/mol. The minimum Gasteiger partial charge on any atom is -0.349 e. The summed E-state index contributed by atoms with van der Waals surface area (Å²) in [6.45, 7) is 5.76. The summed E-state index contributed by atoms with van der Waals surface area (Å²) in [4.78, 5) is 14.1. The molecule has 0 aliphatic carbocycles. The van der Waals surface area contributed by atoms with Crippen LogP contribution in [-0.2, 0) is 6.18 Å². The molecule has 22 heavy (non-hydrogen) atoms. The molecule has 0 atom stereocenters. The Morgan fingerprint density at radius 3 is 2.36 bits per heavy atom. The Hall–Kier alpha value is -1.56. The highest BCUT2D eigenvalue weighted by Gasteiger charge is 2.31. The SMILES string of the molecule is CC.CN1CCC(NC(=O)c2cccc(C(F)(F)F)c2)CC1. The van der Waals surface area contributed by atoms with E-state index in [2.05, 4.69) is 10.2 Å². The van der Waals surface area contributed by atoms with Gasteiger partial charge in [-0.1, -0.05) is 19.9 Å². The van der Waals surface area contributed by atoms with Crippen LogP contribution in [0.15, 0.2) is 24.3 Å². The number of likely N-dealkylation sites (tertiary alicyclic amines) is 1. The molecule has 0 aromatic heterocycles. The highest BCUT2D eigenvalue weighted by molar-refractivity contribution is 5.94. The molecular weight excluding hydrogens is 293 g/mol. The number of piperidine rings is 1. The van der Waals surface area contributed by atoms with E-state index >= 15 is 0 Å². The molecule has 1 saturated heterocycles. The zero-order valence-electron chi connectivity index (χ0n) is 13.2. The van der Waals surface area contributed by atoms with Crippen molar-refractivity contribution in [3.8, 4) is 0 Å². The molecule has 1 amide bonds. The number of hydrogen-bond donors (Lipinski definition) is 1. The minimum absolute atomic E-state index is 0.0354. The van der Waals surface area contributed by atoms with Crippen molar-refractivity contribution in [3.05, 3.63) is 35.4 Å². The van der Waals surface area contributed by atoms with Crippen LogP contribution in [0.2, 0.25) is 0 Å². The molecule has 124 valence electrons. The number of hydrogen-bond acceptors (Lipinski definition) is 2. The van der Waals surface area contributed by atoms with Crippen LogP contribution in [0.25, 0.3) is 0 Å². The number of nitrogens with one attached hydrogen (secondary N) is 1. The Morgan fingerprint density at radius 2 is 1.82 bits per heavy atom. The van der Waals surface area contributed by atoms with Crippen LogP contribution in [0.5, 0.6) is 0 Å². The fraction of sp³-hybridized carbons (Fsp3) is 0.562. The number of benzene rings is 1. The van der Waals surface area contributed by atoms with Crippen LogP contribution in [0.3, 0.4) is 0 Å². The fourth-order valence-electron chi connectivity index (χ4n) is 2.26. The first-order chi connectivity index (χ1) is 10.4. The minimum atomic E-state index is -4.43. The number of carbonyl (C=O) groups is 1. The van der Waals surface area contributed by atoms with Gasteiger partial charge in [0.15, 0.2) is 0 Å². The Bertz CT molecular complexity index is 481. The number of nitrogens with zero attached hydrogens (tertiary/aromatic N) is 1. The molecule has 1 aliphatic heterocycles. The first-order valence-corrected chi connectivity index (χ1v) is 7.53. The van der Waals surface area contributed by atoms with Crippen LogP contribution in [0.4, 0.5) is 13.2 Å². The van der Waals surface area contributed by atoms with E-state index in [0.29, 0.717) is 0 Å². The lowest BCUT2D eigenvalue weighted by molar-refractivity contribution is -0.137. The van der Waals surface area contributed by atoms with Gasteiger partial charge in [-0.05, 0) is 51.2 Å². The normalized spacial score (nSPS) is 16.6. The van der Waals surface area contributed by atoms with Gasteiger partial charge >= 0.3 is 6.18 Å². The van der Waals surface area contributed by atoms with Gasteiger partial charge < -0.3 is 10.2 Å². The molecule has 6 heteroatoms. The molecule has 0 unspecified atom stereocenters. The van der Waals surface area contributed by atoms with E-state index in [0.717, 1.165) is 38.1 Å². The number of rotatable bonds is 2. The van der Waals surface area contributed by atoms with Crippen LogP contribution >= 0.6 is 0 Å². The summed E-state index contributed by atoms with van der Waals surface area (Å²) in [5.41, 5.74) is -0.743. The first kappa shape index (κ1) is 18.5. The van der Waals surface area contributed by atoms with Gasteiger partial charge in [0.05, 0.1) is 5.56 Å². The maximum atomic E-state index is 12.6. The monoisotopic (exact) mass is 316 g/mol. The van der Waals surface area contributed by atoms with Crippen LogP contribution in [0.1, 0.15) is 42.6 Å². The number of halogens is 3. The van der Waals surface area contributed by atoms with Crippen LogP contribution in [-0.4, -0.2) is 37.0 Å². The summed E-state index contributed by atoms with van der Waals surface area (Å²) in [6, 6.07) is 4.55. The summed E-state index contributed by atoms with van der Waals surface area (Å²) >= 11 is 0. The van der Waals surface area contributed by atoms with Gasteiger partial charge in [-0.15, -0.1) is 0 Å². The quantitative estimate of drug-likeness (QED) is 0.905. The highest BCUT2D eigenvalue weighted by Crippen LogP contribution is 2.29. The summed E-state index contributed by atoms with van der Waals surface area (Å²) in [5, 5.41) is 2.80. The topological polar surface area (TPSA) is 32.3 Å². The predicted octanol–water partition coefficient (Wildman–Crippen LogP) is 3.56. The second-order valence-corrected chi connectivity index (χ2v) is 5.13. The molecule has 1 aliphatic rings. The van der Waals surface area contributed by atoms with Gasteiger partial charge in [-0.2, -0.15) is 13.2 Å². The molecule has 0 radical (unpaired) electrons. The van der Waals surface area contributed by atoms with Crippen LogP contribution in [0, 0.1) is 0 Å². The van der Waals surface area contributed by atoms with E-state index in [4.69, 9.17) is 0 Å². The number of alkyl halides is 3. The van der Waals surface area contributed by atoms with Crippen molar-refractivity contribution in [1.82, 2.24) is 10.2 Å². The van der Waals surface area contributed by atoms with Crippen molar-refractivity contribution in [1.29, 1.82) is 0 Å². The molecular formula is C16H23F3N2O. The van der Waals surface area contributed by atoms with Crippen molar-refractivity contribution in [2.45, 2.75) is 38.9 Å². The van der Waals surface area contributed by atoms with Crippen molar-refractivity contribution in [2.24, 2.45) is 0 Å². The summed E-state index contributed by atoms with van der Waals surface area (Å²) < 4.78 is 37.8. The van der Waals surface area contributed by atoms with Gasteiger partial charge in [0, 0.05) is 11.6 Å². The fourth-order valence-corrected chi connectivity index (χ4v) is 2.26. The average Bonchev–Trinajstić information content (AvgIpc) is 2.51. The van der Waals surface area contributed by atoms with E-state index in [1.54, 1.807) is 0 Å². The van der Waals surface area contributed by atoms with Crippen molar-refractivity contribution in [2.75, 3.05) is 20.1 Å². The molecule has 0 saturated carbocycles. The third-order valence-electron chi connectivity index (χ3n) is 3.51. The Kier molecular flexibility index (Phi) is 6.87. The molecule has 1 heterocycles. The third-order valence-corrected chi connectivity index (χ3v) is 3.51. The van der Waals surface area contributed by atoms with Gasteiger partial charge in [0.1, 0.15) is 0 Å². The predicted molar refractivity (Wildman–Crippen MR) is 80.8 cm³/mol. The lowest BCUT2D eigenvalue weighted by Crippen LogP contribution is -2.43. The maximum absolute atomic E-state index is 12.6. The lowest BCUT2D eigenvalue weighted by atomic mass is 10.0. The highest BCUT2D eigenvalue weighted by atomic mass is 19.4. The zero-order valence-corrected chi connectivity index (χ0v) is 13.2. The summed E-state index contributed by atoms with van der Waals surface area (Å²) in [5.74, 6) is -0.439. The second kappa shape index (κ2) is 8.17. The molecule has 3 nitrogen and oxygen atoms in total. The smallest absolute Gasteiger partial charge is 0.349 e.